The van der Waals surface area contributed by atoms with Crippen molar-refractivity contribution in [1.29, 1.82) is 0 Å². The van der Waals surface area contributed by atoms with E-state index in [1.54, 1.807) is 6.07 Å². The molecular formula is C15H14F2N2O2. The van der Waals surface area contributed by atoms with Crippen LogP contribution in [0, 0.1) is 11.6 Å². The van der Waals surface area contributed by atoms with Crippen LogP contribution in [0.3, 0.4) is 0 Å². The molecule has 21 heavy (non-hydrogen) atoms. The SMILES string of the molecule is O=C(NCCOc1ccc(F)cc1)Nc1ccccc1F. The van der Waals surface area contributed by atoms with Gasteiger partial charge in [-0.2, -0.15) is 0 Å². The first-order valence-electron chi connectivity index (χ1n) is 6.33. The van der Waals surface area contributed by atoms with Crippen LogP contribution in [0.2, 0.25) is 0 Å². The number of carbonyl (C=O) groups is 1. The van der Waals surface area contributed by atoms with Crippen molar-refractivity contribution in [2.75, 3.05) is 18.5 Å². The molecule has 6 heteroatoms. The molecule has 0 radical (unpaired) electrons. The van der Waals surface area contributed by atoms with E-state index < -0.39 is 11.8 Å². The van der Waals surface area contributed by atoms with Crippen LogP contribution in [-0.2, 0) is 0 Å². The fourth-order valence-corrected chi connectivity index (χ4v) is 1.59. The molecule has 0 fully saturated rings. The van der Waals surface area contributed by atoms with Gasteiger partial charge in [-0.15, -0.1) is 0 Å². The Kier molecular flexibility index (Phi) is 5.09. The summed E-state index contributed by atoms with van der Waals surface area (Å²) in [6, 6.07) is 10.9. The third kappa shape index (κ3) is 4.76. The minimum absolute atomic E-state index is 0.106. The van der Waals surface area contributed by atoms with Crippen LogP contribution in [0.1, 0.15) is 0 Å². The fourth-order valence-electron chi connectivity index (χ4n) is 1.59. The van der Waals surface area contributed by atoms with Gasteiger partial charge in [0, 0.05) is 0 Å². The number of benzene rings is 2. The van der Waals surface area contributed by atoms with Gasteiger partial charge in [0.05, 0.1) is 12.2 Å². The molecule has 0 heterocycles. The Morgan fingerprint density at radius 1 is 1.05 bits per heavy atom. The Morgan fingerprint density at radius 2 is 1.76 bits per heavy atom. The molecule has 0 aliphatic rings. The molecule has 110 valence electrons. The highest BCUT2D eigenvalue weighted by Crippen LogP contribution is 2.12. The zero-order chi connectivity index (χ0) is 15.1. The summed E-state index contributed by atoms with van der Waals surface area (Å²) in [4.78, 5) is 11.5. The maximum atomic E-state index is 13.3. The summed E-state index contributed by atoms with van der Waals surface area (Å²) >= 11 is 0. The Labute approximate surface area is 120 Å². The van der Waals surface area contributed by atoms with Gasteiger partial charge in [-0.25, -0.2) is 13.6 Å². The second kappa shape index (κ2) is 7.23. The van der Waals surface area contributed by atoms with Crippen molar-refractivity contribution in [2.24, 2.45) is 0 Å². The summed E-state index contributed by atoms with van der Waals surface area (Å²) in [6.07, 6.45) is 0. The lowest BCUT2D eigenvalue weighted by Crippen LogP contribution is -2.32. The Bertz CT molecular complexity index is 603. The summed E-state index contributed by atoms with van der Waals surface area (Å²) < 4.78 is 31.3. The van der Waals surface area contributed by atoms with Crippen LogP contribution < -0.4 is 15.4 Å². The van der Waals surface area contributed by atoms with E-state index in [1.165, 1.54) is 42.5 Å². The Morgan fingerprint density at radius 3 is 2.48 bits per heavy atom. The van der Waals surface area contributed by atoms with Gasteiger partial charge in [0.2, 0.25) is 0 Å². The minimum atomic E-state index is -0.525. The summed E-state index contributed by atoms with van der Waals surface area (Å²) in [5, 5.41) is 4.91. The molecular weight excluding hydrogens is 278 g/mol. The van der Waals surface area contributed by atoms with Crippen molar-refractivity contribution in [1.82, 2.24) is 5.32 Å². The molecule has 2 aromatic carbocycles. The summed E-state index contributed by atoms with van der Waals surface area (Å²) in [7, 11) is 0. The van der Waals surface area contributed by atoms with E-state index >= 15 is 0 Å². The molecule has 0 aromatic heterocycles. The summed E-state index contributed by atoms with van der Waals surface area (Å²) in [5.41, 5.74) is 0.106. The molecule has 2 amide bonds. The van der Waals surface area contributed by atoms with E-state index in [2.05, 4.69) is 10.6 Å². The number of hydrogen-bond acceptors (Lipinski definition) is 2. The molecule has 0 unspecified atom stereocenters. The van der Waals surface area contributed by atoms with E-state index in [9.17, 15) is 13.6 Å². The van der Waals surface area contributed by atoms with Crippen LogP contribution in [0.15, 0.2) is 48.5 Å². The largest absolute Gasteiger partial charge is 0.492 e. The van der Waals surface area contributed by atoms with Crippen molar-refractivity contribution in [3.8, 4) is 5.75 Å². The normalized spacial score (nSPS) is 10.0. The molecule has 0 atom stereocenters. The van der Waals surface area contributed by atoms with Gasteiger partial charge in [-0.3, -0.25) is 0 Å². The molecule has 0 aliphatic heterocycles. The number of ether oxygens (including phenoxy) is 1. The third-order valence-corrected chi connectivity index (χ3v) is 2.59. The van der Waals surface area contributed by atoms with E-state index in [0.29, 0.717) is 5.75 Å². The van der Waals surface area contributed by atoms with Crippen molar-refractivity contribution in [3.63, 3.8) is 0 Å². The number of urea groups is 1. The van der Waals surface area contributed by atoms with Gasteiger partial charge >= 0.3 is 6.03 Å². The summed E-state index contributed by atoms with van der Waals surface area (Å²) in [5.74, 6) is -0.340. The number of halogens is 2. The van der Waals surface area contributed by atoms with Gasteiger partial charge in [0.15, 0.2) is 0 Å². The van der Waals surface area contributed by atoms with Crippen molar-refractivity contribution >= 4 is 11.7 Å². The first-order chi connectivity index (χ1) is 10.1. The molecule has 0 bridgehead atoms. The number of nitrogens with one attached hydrogen (secondary N) is 2. The topological polar surface area (TPSA) is 50.4 Å². The molecule has 2 N–H and O–H groups in total. The highest BCUT2D eigenvalue weighted by atomic mass is 19.1. The average Bonchev–Trinajstić information content (AvgIpc) is 2.48. The molecule has 0 aliphatic carbocycles. The number of amides is 2. The Hall–Kier alpha value is -2.63. The molecule has 0 spiro atoms. The smallest absolute Gasteiger partial charge is 0.319 e. The number of anilines is 1. The van der Waals surface area contributed by atoms with Gasteiger partial charge in [0.25, 0.3) is 0 Å². The molecule has 4 nitrogen and oxygen atoms in total. The zero-order valence-electron chi connectivity index (χ0n) is 11.1. The van der Waals surface area contributed by atoms with E-state index in [-0.39, 0.29) is 24.7 Å². The van der Waals surface area contributed by atoms with Crippen molar-refractivity contribution in [2.45, 2.75) is 0 Å². The van der Waals surface area contributed by atoms with Gasteiger partial charge < -0.3 is 15.4 Å². The lowest BCUT2D eigenvalue weighted by Gasteiger charge is -2.09. The maximum Gasteiger partial charge on any atom is 0.319 e. The highest BCUT2D eigenvalue weighted by molar-refractivity contribution is 5.89. The standard InChI is InChI=1S/C15H14F2N2O2/c16-11-5-7-12(8-6-11)21-10-9-18-15(20)19-14-4-2-1-3-13(14)17/h1-8H,9-10H2,(H2,18,19,20). The lowest BCUT2D eigenvalue weighted by molar-refractivity contribution is 0.247. The van der Waals surface area contributed by atoms with Crippen LogP contribution in [0.4, 0.5) is 19.3 Å². The first-order valence-corrected chi connectivity index (χ1v) is 6.33. The van der Waals surface area contributed by atoms with Crippen molar-refractivity contribution < 1.29 is 18.3 Å². The number of para-hydroxylation sites is 1. The molecule has 0 saturated carbocycles. The van der Waals surface area contributed by atoms with E-state index in [4.69, 9.17) is 4.74 Å². The van der Waals surface area contributed by atoms with Gasteiger partial charge in [0.1, 0.15) is 24.0 Å². The molecule has 2 rings (SSSR count). The van der Waals surface area contributed by atoms with Gasteiger partial charge in [-0.05, 0) is 36.4 Å². The quantitative estimate of drug-likeness (QED) is 0.832. The zero-order valence-corrected chi connectivity index (χ0v) is 11.1. The number of rotatable bonds is 5. The fraction of sp³-hybridized carbons (Fsp3) is 0.133. The van der Waals surface area contributed by atoms with Crippen LogP contribution in [0.25, 0.3) is 0 Å². The van der Waals surface area contributed by atoms with Crippen LogP contribution in [-0.4, -0.2) is 19.2 Å². The first kappa shape index (κ1) is 14.8. The number of hydrogen-bond donors (Lipinski definition) is 2. The highest BCUT2D eigenvalue weighted by Gasteiger charge is 2.05. The van der Waals surface area contributed by atoms with Crippen LogP contribution >= 0.6 is 0 Å². The Balaban J connectivity index is 1.70. The maximum absolute atomic E-state index is 13.3. The molecule has 0 saturated heterocycles. The summed E-state index contributed by atoms with van der Waals surface area (Å²) in [6.45, 7) is 0.452. The second-order valence-electron chi connectivity index (χ2n) is 4.16. The third-order valence-electron chi connectivity index (χ3n) is 2.59. The number of carbonyl (C=O) groups excluding carboxylic acids is 1. The van der Waals surface area contributed by atoms with Gasteiger partial charge in [-0.1, -0.05) is 12.1 Å². The predicted octanol–water partition coefficient (Wildman–Crippen LogP) is 3.17. The monoisotopic (exact) mass is 292 g/mol. The molecule has 2 aromatic rings. The second-order valence-corrected chi connectivity index (χ2v) is 4.16. The van der Waals surface area contributed by atoms with E-state index in [0.717, 1.165) is 0 Å². The minimum Gasteiger partial charge on any atom is -0.492 e. The predicted molar refractivity (Wildman–Crippen MR) is 75.3 cm³/mol. The van der Waals surface area contributed by atoms with Crippen molar-refractivity contribution in [3.05, 3.63) is 60.2 Å². The lowest BCUT2D eigenvalue weighted by atomic mass is 10.3. The van der Waals surface area contributed by atoms with E-state index in [1.807, 2.05) is 0 Å². The average molecular weight is 292 g/mol. The van der Waals surface area contributed by atoms with Crippen LogP contribution in [0.5, 0.6) is 5.75 Å².